The molecule has 0 amide bonds. The van der Waals surface area contributed by atoms with Crippen LogP contribution in [0.5, 0.6) is 0 Å². The van der Waals surface area contributed by atoms with Crippen LogP contribution in [-0.2, 0) is 15.6 Å². The molecule has 24 heavy (non-hydrogen) atoms. The summed E-state index contributed by atoms with van der Waals surface area (Å²) in [5, 5.41) is 13.9. The molecule has 1 unspecified atom stereocenters. The molecule has 0 bridgehead atoms. The van der Waals surface area contributed by atoms with Crippen molar-refractivity contribution in [1.82, 2.24) is 5.16 Å². The van der Waals surface area contributed by atoms with Crippen LogP contribution in [0.1, 0.15) is 17.4 Å². The van der Waals surface area contributed by atoms with Gasteiger partial charge in [-0.05, 0) is 5.56 Å². The third kappa shape index (κ3) is 4.10. The fourth-order valence-corrected chi connectivity index (χ4v) is 3.79. The van der Waals surface area contributed by atoms with Crippen LogP contribution in [0.25, 0.3) is 11.3 Å². The molecule has 0 spiro atoms. The minimum atomic E-state index is -3.52. The Balaban J connectivity index is 1.70. The average Bonchev–Trinajstić information content (AvgIpc) is 3.03. The molecule has 1 N–H and O–H groups in total. The Hall–Kier alpha value is -2.44. The summed E-state index contributed by atoms with van der Waals surface area (Å²) in [6.07, 6.45) is -1.06. The van der Waals surface area contributed by atoms with Crippen LogP contribution in [0, 0.1) is 0 Å². The van der Waals surface area contributed by atoms with Crippen LogP contribution in [0.4, 0.5) is 0 Å². The van der Waals surface area contributed by atoms with Crippen LogP contribution < -0.4 is 0 Å². The van der Waals surface area contributed by atoms with Gasteiger partial charge in [-0.3, -0.25) is 0 Å². The van der Waals surface area contributed by atoms with E-state index in [-0.39, 0.29) is 11.5 Å². The first-order valence-corrected chi connectivity index (χ1v) is 9.30. The lowest BCUT2D eigenvalue weighted by molar-refractivity contribution is 0.201. The minimum Gasteiger partial charge on any atom is -0.387 e. The van der Waals surface area contributed by atoms with Gasteiger partial charge in [-0.25, -0.2) is 8.42 Å². The number of sulfone groups is 1. The van der Waals surface area contributed by atoms with Crippen LogP contribution in [0.15, 0.2) is 71.3 Å². The quantitative estimate of drug-likeness (QED) is 0.744. The molecule has 2 aromatic carbocycles. The van der Waals surface area contributed by atoms with Crippen molar-refractivity contribution in [3.8, 4) is 11.3 Å². The smallest absolute Gasteiger partial charge is 0.167 e. The topological polar surface area (TPSA) is 80.4 Å². The third-order valence-corrected chi connectivity index (χ3v) is 5.14. The summed E-state index contributed by atoms with van der Waals surface area (Å²) in [5.74, 6) is -0.109. The molecule has 0 aliphatic heterocycles. The van der Waals surface area contributed by atoms with Gasteiger partial charge in [-0.15, -0.1) is 0 Å². The Morgan fingerprint density at radius 1 is 1.00 bits per heavy atom. The zero-order chi connectivity index (χ0) is 17.0. The maximum atomic E-state index is 12.3. The maximum absolute atomic E-state index is 12.3. The van der Waals surface area contributed by atoms with E-state index in [1.165, 1.54) is 0 Å². The summed E-state index contributed by atoms with van der Waals surface area (Å²) in [4.78, 5) is 0. The SMILES string of the molecule is O=S(=O)(Cc1cc(-c2ccccc2)on1)CC(O)c1ccccc1. The van der Waals surface area contributed by atoms with Gasteiger partial charge < -0.3 is 9.63 Å². The number of hydrogen-bond acceptors (Lipinski definition) is 5. The molecular formula is C18H17NO4S. The van der Waals surface area contributed by atoms with E-state index in [4.69, 9.17) is 4.52 Å². The lowest BCUT2D eigenvalue weighted by Crippen LogP contribution is -2.16. The van der Waals surface area contributed by atoms with Gasteiger partial charge >= 0.3 is 0 Å². The zero-order valence-electron chi connectivity index (χ0n) is 12.9. The normalized spacial score (nSPS) is 12.9. The van der Waals surface area contributed by atoms with Crippen molar-refractivity contribution in [1.29, 1.82) is 0 Å². The highest BCUT2D eigenvalue weighted by atomic mass is 32.2. The maximum Gasteiger partial charge on any atom is 0.167 e. The van der Waals surface area contributed by atoms with Gasteiger partial charge in [0.2, 0.25) is 0 Å². The summed E-state index contributed by atoms with van der Waals surface area (Å²) in [7, 11) is -3.52. The van der Waals surface area contributed by atoms with Gasteiger partial charge in [0.15, 0.2) is 15.6 Å². The Morgan fingerprint density at radius 3 is 2.29 bits per heavy atom. The molecule has 6 heteroatoms. The predicted octanol–water partition coefficient (Wildman–Crippen LogP) is 2.99. The molecular weight excluding hydrogens is 326 g/mol. The molecule has 0 aliphatic rings. The van der Waals surface area contributed by atoms with E-state index in [0.717, 1.165) is 5.56 Å². The largest absolute Gasteiger partial charge is 0.387 e. The first-order valence-electron chi connectivity index (χ1n) is 7.48. The van der Waals surface area contributed by atoms with Crippen molar-refractivity contribution >= 4 is 9.84 Å². The molecule has 1 heterocycles. The van der Waals surface area contributed by atoms with Gasteiger partial charge in [-0.1, -0.05) is 65.8 Å². The number of rotatable bonds is 6. The molecule has 3 aromatic rings. The second kappa shape index (κ2) is 6.98. The first kappa shape index (κ1) is 16.4. The van der Waals surface area contributed by atoms with Crippen molar-refractivity contribution < 1.29 is 18.0 Å². The summed E-state index contributed by atoms with van der Waals surface area (Å²) in [5.41, 5.74) is 1.73. The number of aromatic nitrogens is 1. The Bertz CT molecular complexity index is 889. The van der Waals surface area contributed by atoms with Crippen molar-refractivity contribution in [2.75, 3.05) is 5.75 Å². The first-order chi connectivity index (χ1) is 11.5. The fourth-order valence-electron chi connectivity index (χ4n) is 2.41. The van der Waals surface area contributed by atoms with Crippen LogP contribution >= 0.6 is 0 Å². The van der Waals surface area contributed by atoms with Gasteiger partial charge in [0.05, 0.1) is 23.3 Å². The molecule has 1 aromatic heterocycles. The summed E-state index contributed by atoms with van der Waals surface area (Å²) >= 11 is 0. The van der Waals surface area contributed by atoms with E-state index in [9.17, 15) is 13.5 Å². The zero-order valence-corrected chi connectivity index (χ0v) is 13.7. The van der Waals surface area contributed by atoms with E-state index in [2.05, 4.69) is 5.16 Å². The number of benzene rings is 2. The van der Waals surface area contributed by atoms with Gasteiger partial charge in [0.1, 0.15) is 0 Å². The summed E-state index contributed by atoms with van der Waals surface area (Å²) in [6, 6.07) is 19.7. The van der Waals surface area contributed by atoms with Crippen molar-refractivity contribution in [2.45, 2.75) is 11.9 Å². The van der Waals surface area contributed by atoms with E-state index in [1.54, 1.807) is 30.3 Å². The number of nitrogens with zero attached hydrogens (tertiary/aromatic N) is 1. The Kier molecular flexibility index (Phi) is 4.78. The van der Waals surface area contributed by atoms with Crippen LogP contribution in [0.3, 0.4) is 0 Å². The molecule has 1 atom stereocenters. The Morgan fingerprint density at radius 2 is 1.62 bits per heavy atom. The second-order valence-electron chi connectivity index (χ2n) is 5.53. The van der Waals surface area contributed by atoms with Crippen LogP contribution in [-0.4, -0.2) is 24.4 Å². The minimum absolute atomic E-state index is 0.271. The molecule has 0 fully saturated rings. The highest BCUT2D eigenvalue weighted by Gasteiger charge is 2.21. The average molecular weight is 343 g/mol. The number of aliphatic hydroxyl groups excluding tert-OH is 1. The lowest BCUT2D eigenvalue weighted by Gasteiger charge is -2.10. The molecule has 0 radical (unpaired) electrons. The van der Waals surface area contributed by atoms with Crippen LogP contribution in [0.2, 0.25) is 0 Å². The highest BCUT2D eigenvalue weighted by Crippen LogP contribution is 2.22. The number of aliphatic hydroxyl groups is 1. The van der Waals surface area contributed by atoms with Crippen molar-refractivity contribution in [3.63, 3.8) is 0 Å². The standard InChI is InChI=1S/C18H17NO4S/c20-17(14-7-3-1-4-8-14)13-24(21,22)12-16-11-18(23-19-16)15-9-5-2-6-10-15/h1-11,17,20H,12-13H2. The third-order valence-electron chi connectivity index (χ3n) is 3.58. The molecule has 0 saturated carbocycles. The van der Waals surface area contributed by atoms with E-state index in [0.29, 0.717) is 17.0 Å². The lowest BCUT2D eigenvalue weighted by atomic mass is 10.1. The molecule has 0 saturated heterocycles. The summed E-state index contributed by atoms with van der Waals surface area (Å²) < 4.78 is 29.8. The molecule has 5 nitrogen and oxygen atoms in total. The van der Waals surface area contributed by atoms with E-state index >= 15 is 0 Å². The number of hydrogen-bond donors (Lipinski definition) is 1. The second-order valence-corrected chi connectivity index (χ2v) is 7.64. The Labute approximate surface area is 140 Å². The van der Waals surface area contributed by atoms with Crippen molar-refractivity contribution in [2.24, 2.45) is 0 Å². The fraction of sp³-hybridized carbons (Fsp3) is 0.167. The molecule has 124 valence electrons. The predicted molar refractivity (Wildman–Crippen MR) is 90.8 cm³/mol. The molecule has 3 rings (SSSR count). The highest BCUT2D eigenvalue weighted by molar-refractivity contribution is 7.90. The summed E-state index contributed by atoms with van der Waals surface area (Å²) in [6.45, 7) is 0. The van der Waals surface area contributed by atoms with Gasteiger partial charge in [0.25, 0.3) is 0 Å². The van der Waals surface area contributed by atoms with Gasteiger partial charge in [-0.2, -0.15) is 0 Å². The van der Waals surface area contributed by atoms with Gasteiger partial charge in [0, 0.05) is 11.6 Å². The molecule has 0 aliphatic carbocycles. The monoisotopic (exact) mass is 343 g/mol. The van der Waals surface area contributed by atoms with E-state index in [1.807, 2.05) is 36.4 Å². The van der Waals surface area contributed by atoms with Crippen molar-refractivity contribution in [3.05, 3.63) is 78.0 Å². The van der Waals surface area contributed by atoms with E-state index < -0.39 is 15.9 Å².